The monoisotopic (exact) mass is 276 g/mol. The van der Waals surface area contributed by atoms with Gasteiger partial charge in [0.2, 0.25) is 11.8 Å². The molecule has 2 atom stereocenters. The fourth-order valence-electron chi connectivity index (χ4n) is 1.75. The van der Waals surface area contributed by atoms with Crippen molar-refractivity contribution >= 4 is 27.7 Å². The Labute approximate surface area is 98.7 Å². The minimum atomic E-state index is -0.354. The van der Waals surface area contributed by atoms with Crippen LogP contribution < -0.4 is 0 Å². The predicted octanol–water partition coefficient (Wildman–Crippen LogP) is 0.849. The molecule has 1 fully saturated rings. The Hall–Kier alpha value is -0.580. The molecule has 0 aromatic heterocycles. The first-order valence-corrected chi connectivity index (χ1v) is 6.02. The third-order valence-corrected chi connectivity index (χ3v) is 3.52. The molecule has 1 rings (SSSR count). The van der Waals surface area contributed by atoms with Gasteiger partial charge in [0.15, 0.2) is 0 Å². The highest BCUT2D eigenvalue weighted by Gasteiger charge is 2.33. The van der Waals surface area contributed by atoms with E-state index in [4.69, 9.17) is 0 Å². The molecule has 0 N–H and O–H groups in total. The Bertz CT molecular complexity index is 268. The maximum atomic E-state index is 11.8. The van der Waals surface area contributed by atoms with Crippen LogP contribution in [0, 0.1) is 0 Å². The molecule has 15 heavy (non-hydrogen) atoms. The molecule has 1 aliphatic rings. The van der Waals surface area contributed by atoms with Gasteiger partial charge in [-0.3, -0.25) is 9.59 Å². The van der Waals surface area contributed by atoms with Crippen molar-refractivity contribution in [3.63, 3.8) is 0 Å². The van der Waals surface area contributed by atoms with Crippen molar-refractivity contribution in [3.8, 4) is 0 Å². The number of likely N-dealkylation sites (tertiary alicyclic amines) is 1. The Balaban J connectivity index is 2.70. The van der Waals surface area contributed by atoms with E-state index in [1.54, 1.807) is 25.9 Å². The molecule has 1 saturated heterocycles. The SMILES string of the molecule is CC(C(=O)N(C)C)N1CCCC(Br)C1=O. The molecular formula is C10H17BrN2O2. The van der Waals surface area contributed by atoms with Crippen molar-refractivity contribution in [3.05, 3.63) is 0 Å². The van der Waals surface area contributed by atoms with Gasteiger partial charge in [-0.25, -0.2) is 0 Å². The van der Waals surface area contributed by atoms with Crippen molar-refractivity contribution in [2.24, 2.45) is 0 Å². The summed E-state index contributed by atoms with van der Waals surface area (Å²) in [6, 6.07) is -0.354. The second kappa shape index (κ2) is 4.96. The first kappa shape index (κ1) is 12.5. The molecule has 0 aromatic carbocycles. The maximum absolute atomic E-state index is 11.8. The van der Waals surface area contributed by atoms with Gasteiger partial charge in [0.25, 0.3) is 0 Å². The van der Waals surface area contributed by atoms with Crippen molar-refractivity contribution in [1.82, 2.24) is 9.80 Å². The zero-order valence-electron chi connectivity index (χ0n) is 9.36. The Morgan fingerprint density at radius 3 is 2.73 bits per heavy atom. The lowest BCUT2D eigenvalue weighted by molar-refractivity contribution is -0.144. The first-order valence-electron chi connectivity index (χ1n) is 5.11. The van der Waals surface area contributed by atoms with Gasteiger partial charge in [-0.1, -0.05) is 15.9 Å². The van der Waals surface area contributed by atoms with Crippen LogP contribution in [0.5, 0.6) is 0 Å². The predicted molar refractivity (Wildman–Crippen MR) is 61.8 cm³/mol. The van der Waals surface area contributed by atoms with Gasteiger partial charge in [-0.05, 0) is 19.8 Å². The first-order chi connectivity index (χ1) is 6.95. The molecule has 0 bridgehead atoms. The van der Waals surface area contributed by atoms with Gasteiger partial charge in [-0.15, -0.1) is 0 Å². The number of rotatable bonds is 2. The number of nitrogens with zero attached hydrogens (tertiary/aromatic N) is 2. The van der Waals surface area contributed by atoms with E-state index in [-0.39, 0.29) is 22.7 Å². The Morgan fingerprint density at radius 1 is 1.60 bits per heavy atom. The Kier molecular flexibility index (Phi) is 4.13. The van der Waals surface area contributed by atoms with Gasteiger partial charge in [0, 0.05) is 20.6 Å². The molecule has 0 spiro atoms. The van der Waals surface area contributed by atoms with Crippen LogP contribution in [0.4, 0.5) is 0 Å². The highest BCUT2D eigenvalue weighted by Crippen LogP contribution is 2.20. The minimum Gasteiger partial charge on any atom is -0.347 e. The van der Waals surface area contributed by atoms with E-state index < -0.39 is 0 Å². The molecule has 0 aliphatic carbocycles. The summed E-state index contributed by atoms with van der Waals surface area (Å²) >= 11 is 3.33. The summed E-state index contributed by atoms with van der Waals surface area (Å²) in [6.07, 6.45) is 1.81. The number of hydrogen-bond donors (Lipinski definition) is 0. The molecular weight excluding hydrogens is 260 g/mol. The quantitative estimate of drug-likeness (QED) is 0.702. The fourth-order valence-corrected chi connectivity index (χ4v) is 2.33. The number of piperidine rings is 1. The standard InChI is InChI=1S/C10H17BrN2O2/c1-7(9(14)12(2)3)13-6-4-5-8(11)10(13)15/h7-8H,4-6H2,1-3H3. The van der Waals surface area contributed by atoms with Crippen molar-refractivity contribution in [1.29, 1.82) is 0 Å². The van der Waals surface area contributed by atoms with Crippen molar-refractivity contribution < 1.29 is 9.59 Å². The highest BCUT2D eigenvalue weighted by atomic mass is 79.9. The summed E-state index contributed by atoms with van der Waals surface area (Å²) in [7, 11) is 3.41. The van der Waals surface area contributed by atoms with Crippen LogP contribution in [-0.4, -0.2) is 53.1 Å². The number of likely N-dealkylation sites (N-methyl/N-ethyl adjacent to an activating group) is 1. The van der Waals surface area contributed by atoms with Gasteiger partial charge >= 0.3 is 0 Å². The number of alkyl halides is 1. The molecule has 2 amide bonds. The summed E-state index contributed by atoms with van der Waals surface area (Å²) in [5, 5.41) is 0. The summed E-state index contributed by atoms with van der Waals surface area (Å²) < 4.78 is 0. The Morgan fingerprint density at radius 2 is 2.20 bits per heavy atom. The van der Waals surface area contributed by atoms with E-state index in [0.29, 0.717) is 6.54 Å². The average Bonchev–Trinajstić information content (AvgIpc) is 2.20. The smallest absolute Gasteiger partial charge is 0.244 e. The number of hydrogen-bond acceptors (Lipinski definition) is 2. The zero-order valence-corrected chi connectivity index (χ0v) is 11.0. The second-order valence-corrected chi connectivity index (χ2v) is 5.16. The molecule has 1 heterocycles. The van der Waals surface area contributed by atoms with Crippen LogP contribution in [0.3, 0.4) is 0 Å². The van der Waals surface area contributed by atoms with Crippen LogP contribution in [0.15, 0.2) is 0 Å². The molecule has 4 nitrogen and oxygen atoms in total. The number of carbonyl (C=O) groups is 2. The lowest BCUT2D eigenvalue weighted by atomic mass is 10.1. The van der Waals surface area contributed by atoms with Gasteiger partial charge < -0.3 is 9.80 Å². The van der Waals surface area contributed by atoms with Crippen LogP contribution >= 0.6 is 15.9 Å². The maximum Gasteiger partial charge on any atom is 0.244 e. The van der Waals surface area contributed by atoms with E-state index in [1.165, 1.54) is 4.90 Å². The molecule has 5 heteroatoms. The van der Waals surface area contributed by atoms with Gasteiger partial charge in [0.1, 0.15) is 6.04 Å². The molecule has 1 aliphatic heterocycles. The molecule has 0 radical (unpaired) electrons. The van der Waals surface area contributed by atoms with E-state index in [1.807, 2.05) is 0 Å². The summed E-state index contributed by atoms with van der Waals surface area (Å²) in [5.74, 6) is 0.00824. The van der Waals surface area contributed by atoms with E-state index >= 15 is 0 Å². The lowest BCUT2D eigenvalue weighted by Crippen LogP contribution is -2.52. The van der Waals surface area contributed by atoms with Crippen molar-refractivity contribution in [2.75, 3.05) is 20.6 Å². The summed E-state index contributed by atoms with van der Waals surface area (Å²) in [4.78, 5) is 26.6. The zero-order chi connectivity index (χ0) is 11.6. The van der Waals surface area contributed by atoms with Crippen LogP contribution in [0.1, 0.15) is 19.8 Å². The van der Waals surface area contributed by atoms with E-state index in [2.05, 4.69) is 15.9 Å². The van der Waals surface area contributed by atoms with E-state index in [0.717, 1.165) is 12.8 Å². The highest BCUT2D eigenvalue weighted by molar-refractivity contribution is 9.10. The molecule has 0 aromatic rings. The fraction of sp³-hybridized carbons (Fsp3) is 0.800. The van der Waals surface area contributed by atoms with Crippen LogP contribution in [0.25, 0.3) is 0 Å². The number of amides is 2. The summed E-state index contributed by atoms with van der Waals surface area (Å²) in [5.41, 5.74) is 0. The molecule has 86 valence electrons. The third-order valence-electron chi connectivity index (χ3n) is 2.67. The molecule has 0 saturated carbocycles. The van der Waals surface area contributed by atoms with Crippen LogP contribution in [-0.2, 0) is 9.59 Å². The largest absolute Gasteiger partial charge is 0.347 e. The normalized spacial score (nSPS) is 23.9. The average molecular weight is 277 g/mol. The minimum absolute atomic E-state index is 0.0232. The van der Waals surface area contributed by atoms with Crippen molar-refractivity contribution in [2.45, 2.75) is 30.6 Å². The third kappa shape index (κ3) is 2.71. The van der Waals surface area contributed by atoms with E-state index in [9.17, 15) is 9.59 Å². The lowest BCUT2D eigenvalue weighted by Gasteiger charge is -2.34. The van der Waals surface area contributed by atoms with Gasteiger partial charge in [0.05, 0.1) is 4.83 Å². The summed E-state index contributed by atoms with van der Waals surface area (Å²) in [6.45, 7) is 2.47. The second-order valence-electron chi connectivity index (χ2n) is 4.05. The number of carbonyl (C=O) groups excluding carboxylic acids is 2. The van der Waals surface area contributed by atoms with Crippen LogP contribution in [0.2, 0.25) is 0 Å². The number of halogens is 1. The topological polar surface area (TPSA) is 40.6 Å². The van der Waals surface area contributed by atoms with Gasteiger partial charge in [-0.2, -0.15) is 0 Å². The molecule has 2 unspecified atom stereocenters.